The molecule has 3 aromatic rings. The SMILES string of the molecule is N#Cc1ccc(Nc2nncc(Nc3c(F)cccc3F)n2)cc1. The molecule has 6 nitrogen and oxygen atoms in total. The third-order valence-corrected chi connectivity index (χ3v) is 3.04. The predicted molar refractivity (Wildman–Crippen MR) is 83.9 cm³/mol. The highest BCUT2D eigenvalue weighted by atomic mass is 19.1. The van der Waals surface area contributed by atoms with Crippen LogP contribution < -0.4 is 10.6 Å². The van der Waals surface area contributed by atoms with Crippen molar-refractivity contribution >= 4 is 23.1 Å². The van der Waals surface area contributed by atoms with E-state index < -0.39 is 11.6 Å². The first-order valence-electron chi connectivity index (χ1n) is 6.83. The van der Waals surface area contributed by atoms with E-state index in [1.165, 1.54) is 12.3 Å². The molecule has 0 saturated heterocycles. The monoisotopic (exact) mass is 324 g/mol. The van der Waals surface area contributed by atoms with E-state index in [9.17, 15) is 8.78 Å². The topological polar surface area (TPSA) is 86.5 Å². The van der Waals surface area contributed by atoms with Gasteiger partial charge in [0.05, 0.1) is 17.8 Å². The second-order valence-corrected chi connectivity index (χ2v) is 4.70. The summed E-state index contributed by atoms with van der Waals surface area (Å²) in [7, 11) is 0. The zero-order valence-corrected chi connectivity index (χ0v) is 12.2. The number of hydrogen-bond acceptors (Lipinski definition) is 6. The summed E-state index contributed by atoms with van der Waals surface area (Å²) in [6.07, 6.45) is 1.25. The number of hydrogen-bond donors (Lipinski definition) is 2. The van der Waals surface area contributed by atoms with Crippen molar-refractivity contribution in [3.63, 3.8) is 0 Å². The highest BCUT2D eigenvalue weighted by Crippen LogP contribution is 2.22. The largest absolute Gasteiger partial charge is 0.334 e. The van der Waals surface area contributed by atoms with Crippen LogP contribution in [0.5, 0.6) is 0 Å². The molecule has 1 heterocycles. The number of nitrogens with one attached hydrogen (secondary N) is 2. The van der Waals surface area contributed by atoms with Gasteiger partial charge in [0.2, 0.25) is 5.95 Å². The van der Waals surface area contributed by atoms with Gasteiger partial charge in [0.25, 0.3) is 0 Å². The molecule has 2 N–H and O–H groups in total. The van der Waals surface area contributed by atoms with Gasteiger partial charge in [-0.05, 0) is 36.4 Å². The van der Waals surface area contributed by atoms with Crippen LogP contribution in [0.25, 0.3) is 0 Å². The lowest BCUT2D eigenvalue weighted by Gasteiger charge is -2.09. The van der Waals surface area contributed by atoms with E-state index in [0.717, 1.165) is 12.1 Å². The summed E-state index contributed by atoms with van der Waals surface area (Å²) < 4.78 is 27.3. The van der Waals surface area contributed by atoms with Crippen molar-refractivity contribution in [2.45, 2.75) is 0 Å². The Bertz CT molecular complexity index is 885. The molecule has 0 aliphatic rings. The lowest BCUT2D eigenvalue weighted by atomic mass is 10.2. The van der Waals surface area contributed by atoms with Crippen LogP contribution >= 0.6 is 0 Å². The Labute approximate surface area is 135 Å². The fraction of sp³-hybridized carbons (Fsp3) is 0. The zero-order chi connectivity index (χ0) is 16.9. The van der Waals surface area contributed by atoms with Crippen molar-refractivity contribution in [3.05, 3.63) is 65.9 Å². The lowest BCUT2D eigenvalue weighted by Crippen LogP contribution is -2.04. The van der Waals surface area contributed by atoms with E-state index in [4.69, 9.17) is 5.26 Å². The van der Waals surface area contributed by atoms with E-state index in [0.29, 0.717) is 11.3 Å². The quantitative estimate of drug-likeness (QED) is 0.764. The van der Waals surface area contributed by atoms with E-state index in [2.05, 4.69) is 25.8 Å². The minimum atomic E-state index is -0.741. The van der Waals surface area contributed by atoms with Gasteiger partial charge in [-0.2, -0.15) is 15.3 Å². The normalized spacial score (nSPS) is 10.0. The first-order valence-corrected chi connectivity index (χ1v) is 6.83. The van der Waals surface area contributed by atoms with E-state index in [-0.39, 0.29) is 17.5 Å². The van der Waals surface area contributed by atoms with Gasteiger partial charge < -0.3 is 10.6 Å². The Morgan fingerprint density at radius 2 is 1.67 bits per heavy atom. The van der Waals surface area contributed by atoms with Crippen molar-refractivity contribution in [2.24, 2.45) is 0 Å². The number of aromatic nitrogens is 3. The molecule has 24 heavy (non-hydrogen) atoms. The second-order valence-electron chi connectivity index (χ2n) is 4.70. The molecule has 2 aromatic carbocycles. The molecule has 0 unspecified atom stereocenters. The van der Waals surface area contributed by atoms with Gasteiger partial charge in [0.15, 0.2) is 5.82 Å². The molecule has 0 saturated carbocycles. The first-order chi connectivity index (χ1) is 11.7. The zero-order valence-electron chi connectivity index (χ0n) is 12.2. The molecule has 0 aliphatic carbocycles. The van der Waals surface area contributed by atoms with Gasteiger partial charge in [0.1, 0.15) is 17.3 Å². The van der Waals surface area contributed by atoms with Crippen molar-refractivity contribution in [3.8, 4) is 6.07 Å². The number of rotatable bonds is 4. The number of benzene rings is 2. The van der Waals surface area contributed by atoms with Crippen LogP contribution in [0.15, 0.2) is 48.7 Å². The van der Waals surface area contributed by atoms with Crippen LogP contribution in [-0.4, -0.2) is 15.2 Å². The molecule has 0 radical (unpaired) electrons. The molecule has 0 bridgehead atoms. The van der Waals surface area contributed by atoms with Crippen molar-refractivity contribution in [1.82, 2.24) is 15.2 Å². The van der Waals surface area contributed by atoms with Crippen molar-refractivity contribution in [2.75, 3.05) is 10.6 Å². The van der Waals surface area contributed by atoms with Crippen LogP contribution in [0.3, 0.4) is 0 Å². The minimum Gasteiger partial charge on any atom is -0.334 e. The maximum Gasteiger partial charge on any atom is 0.249 e. The standard InChI is InChI=1S/C16H10F2N6/c17-12-2-1-3-13(18)15(12)22-14-9-20-24-16(23-14)21-11-6-4-10(8-19)5-7-11/h1-7,9H,(H2,21,22,23,24). The number of nitrogens with zero attached hydrogens (tertiary/aromatic N) is 4. The maximum atomic E-state index is 13.6. The summed E-state index contributed by atoms with van der Waals surface area (Å²) in [6.45, 7) is 0. The smallest absolute Gasteiger partial charge is 0.249 e. The summed E-state index contributed by atoms with van der Waals surface area (Å²) in [5, 5.41) is 21.7. The average molecular weight is 324 g/mol. The van der Waals surface area contributed by atoms with Crippen molar-refractivity contribution < 1.29 is 8.78 Å². The molecule has 0 aliphatic heterocycles. The Balaban J connectivity index is 1.80. The average Bonchev–Trinajstić information content (AvgIpc) is 2.59. The van der Waals surface area contributed by atoms with Gasteiger partial charge in [-0.15, -0.1) is 5.10 Å². The molecule has 3 rings (SSSR count). The van der Waals surface area contributed by atoms with Crippen LogP contribution in [0.1, 0.15) is 5.56 Å². The Morgan fingerprint density at radius 3 is 2.33 bits per heavy atom. The molecular weight excluding hydrogens is 314 g/mol. The van der Waals surface area contributed by atoms with Gasteiger partial charge in [-0.3, -0.25) is 0 Å². The number of nitriles is 1. The fourth-order valence-electron chi connectivity index (χ4n) is 1.92. The molecule has 0 spiro atoms. The molecular formula is C16H10F2N6. The Morgan fingerprint density at radius 1 is 0.958 bits per heavy atom. The second kappa shape index (κ2) is 6.66. The molecule has 8 heteroatoms. The third kappa shape index (κ3) is 3.41. The summed E-state index contributed by atoms with van der Waals surface area (Å²) in [6, 6.07) is 12.2. The summed E-state index contributed by atoms with van der Waals surface area (Å²) in [4.78, 5) is 4.09. The van der Waals surface area contributed by atoms with Gasteiger partial charge in [-0.1, -0.05) is 6.07 Å². The molecule has 118 valence electrons. The van der Waals surface area contributed by atoms with E-state index in [1.807, 2.05) is 6.07 Å². The third-order valence-electron chi connectivity index (χ3n) is 3.04. The van der Waals surface area contributed by atoms with Crippen LogP contribution in [0, 0.1) is 23.0 Å². The van der Waals surface area contributed by atoms with Crippen LogP contribution in [0.4, 0.5) is 31.9 Å². The van der Waals surface area contributed by atoms with Gasteiger partial charge in [-0.25, -0.2) is 8.78 Å². The highest BCUT2D eigenvalue weighted by Gasteiger charge is 2.10. The number of para-hydroxylation sites is 1. The lowest BCUT2D eigenvalue weighted by molar-refractivity contribution is 0.590. The highest BCUT2D eigenvalue weighted by molar-refractivity contribution is 5.60. The van der Waals surface area contributed by atoms with E-state index >= 15 is 0 Å². The fourth-order valence-corrected chi connectivity index (χ4v) is 1.92. The Hall–Kier alpha value is -3.60. The molecule has 0 amide bonds. The van der Waals surface area contributed by atoms with Gasteiger partial charge >= 0.3 is 0 Å². The summed E-state index contributed by atoms with van der Waals surface area (Å²) in [5.41, 5.74) is 0.845. The minimum absolute atomic E-state index is 0.130. The van der Waals surface area contributed by atoms with Crippen LogP contribution in [0.2, 0.25) is 0 Å². The molecule has 0 atom stereocenters. The summed E-state index contributed by atoms with van der Waals surface area (Å²) >= 11 is 0. The number of halogens is 2. The maximum absolute atomic E-state index is 13.6. The van der Waals surface area contributed by atoms with Crippen molar-refractivity contribution in [1.29, 1.82) is 5.26 Å². The van der Waals surface area contributed by atoms with Gasteiger partial charge in [0, 0.05) is 5.69 Å². The first kappa shape index (κ1) is 15.3. The van der Waals surface area contributed by atoms with Crippen LogP contribution in [-0.2, 0) is 0 Å². The van der Waals surface area contributed by atoms with E-state index in [1.54, 1.807) is 24.3 Å². The summed E-state index contributed by atoms with van der Waals surface area (Å²) in [5.74, 6) is -1.21. The number of anilines is 4. The Kier molecular flexibility index (Phi) is 4.25. The molecule has 1 aromatic heterocycles. The molecule has 0 fully saturated rings. The predicted octanol–water partition coefficient (Wildman–Crippen LogP) is 3.51.